The topological polar surface area (TPSA) is 89.3 Å². The molecule has 1 atom stereocenters. The highest BCUT2D eigenvalue weighted by Crippen LogP contribution is 2.26. The van der Waals surface area contributed by atoms with E-state index in [2.05, 4.69) is 21.2 Å². The van der Waals surface area contributed by atoms with E-state index in [9.17, 15) is 13.2 Å². The number of hydrogen-bond donors (Lipinski definition) is 2. The number of rotatable bonds is 6. The fraction of sp³-hybridized carbons (Fsp3) is 0.500. The van der Waals surface area contributed by atoms with E-state index in [1.165, 1.54) is 0 Å². The van der Waals surface area contributed by atoms with Crippen molar-refractivity contribution in [1.82, 2.24) is 5.32 Å². The van der Waals surface area contributed by atoms with Gasteiger partial charge in [0, 0.05) is 23.5 Å². The summed E-state index contributed by atoms with van der Waals surface area (Å²) in [5.41, 5.74) is 5.54. The van der Waals surface area contributed by atoms with Crippen molar-refractivity contribution in [3.8, 4) is 0 Å². The van der Waals surface area contributed by atoms with Crippen LogP contribution in [0.25, 0.3) is 0 Å². The van der Waals surface area contributed by atoms with Crippen molar-refractivity contribution < 1.29 is 13.2 Å². The van der Waals surface area contributed by atoms with Gasteiger partial charge in [0.05, 0.1) is 9.64 Å². The average Bonchev–Trinajstić information content (AvgIpc) is 2.36. The Hall–Kier alpha value is -0.920. The number of sulfone groups is 1. The predicted molar refractivity (Wildman–Crippen MR) is 86.7 cm³/mol. The van der Waals surface area contributed by atoms with Crippen LogP contribution in [0.4, 0.5) is 0 Å². The molecule has 0 heterocycles. The van der Waals surface area contributed by atoms with Crippen LogP contribution in [0.15, 0.2) is 33.6 Å². The fourth-order valence-electron chi connectivity index (χ4n) is 1.70. The number of nitrogens with one attached hydrogen (secondary N) is 1. The van der Waals surface area contributed by atoms with Crippen LogP contribution in [0.1, 0.15) is 27.2 Å². The number of halogens is 1. The first kappa shape index (κ1) is 18.1. The van der Waals surface area contributed by atoms with Crippen LogP contribution < -0.4 is 11.1 Å². The number of hydrogen-bond acceptors (Lipinski definition) is 4. The van der Waals surface area contributed by atoms with Crippen molar-refractivity contribution in [3.05, 3.63) is 28.7 Å². The van der Waals surface area contributed by atoms with Crippen molar-refractivity contribution in [2.24, 2.45) is 5.73 Å². The first-order chi connectivity index (χ1) is 9.56. The lowest BCUT2D eigenvalue weighted by molar-refractivity contribution is -0.121. The number of benzene rings is 1. The van der Waals surface area contributed by atoms with Gasteiger partial charge >= 0.3 is 0 Å². The molecule has 0 aromatic heterocycles. The molecule has 1 rings (SSSR count). The van der Waals surface area contributed by atoms with E-state index < -0.39 is 14.6 Å². The van der Waals surface area contributed by atoms with Crippen molar-refractivity contribution in [1.29, 1.82) is 0 Å². The third-order valence-electron chi connectivity index (χ3n) is 3.07. The van der Waals surface area contributed by atoms with E-state index >= 15 is 0 Å². The highest BCUT2D eigenvalue weighted by molar-refractivity contribution is 9.10. The molecule has 1 aromatic rings. The molecule has 0 aliphatic carbocycles. The third-order valence-corrected chi connectivity index (χ3v) is 6.09. The zero-order valence-electron chi connectivity index (χ0n) is 12.4. The normalized spacial score (nSPS) is 13.8. The molecule has 118 valence electrons. The minimum atomic E-state index is -3.55. The van der Waals surface area contributed by atoms with E-state index in [0.29, 0.717) is 0 Å². The molecule has 0 fully saturated rings. The van der Waals surface area contributed by atoms with E-state index in [0.717, 1.165) is 4.47 Å². The molecule has 21 heavy (non-hydrogen) atoms. The quantitative estimate of drug-likeness (QED) is 0.792. The molecule has 3 N–H and O–H groups in total. The Morgan fingerprint density at radius 1 is 1.33 bits per heavy atom. The fourth-order valence-corrected chi connectivity index (χ4v) is 3.36. The van der Waals surface area contributed by atoms with Gasteiger partial charge in [0.1, 0.15) is 0 Å². The van der Waals surface area contributed by atoms with Gasteiger partial charge in [-0.1, -0.05) is 15.9 Å². The maximum atomic E-state index is 12.6. The molecule has 0 bridgehead atoms. The van der Waals surface area contributed by atoms with Gasteiger partial charge in [0.25, 0.3) is 0 Å². The summed E-state index contributed by atoms with van der Waals surface area (Å²) in [7, 11) is -3.55. The summed E-state index contributed by atoms with van der Waals surface area (Å²) in [6, 6.07) is 6.20. The highest BCUT2D eigenvalue weighted by atomic mass is 79.9. The molecule has 0 radical (unpaired) electrons. The summed E-state index contributed by atoms with van der Waals surface area (Å²) >= 11 is 3.27. The summed E-state index contributed by atoms with van der Waals surface area (Å²) in [5.74, 6) is -0.246. The summed E-state index contributed by atoms with van der Waals surface area (Å²) < 4.78 is 24.9. The van der Waals surface area contributed by atoms with Crippen molar-refractivity contribution in [2.75, 3.05) is 6.54 Å². The Kier molecular flexibility index (Phi) is 5.95. The van der Waals surface area contributed by atoms with Crippen LogP contribution in [0.3, 0.4) is 0 Å². The van der Waals surface area contributed by atoms with Crippen LogP contribution in [0.5, 0.6) is 0 Å². The zero-order valence-corrected chi connectivity index (χ0v) is 14.8. The maximum absolute atomic E-state index is 12.6. The highest BCUT2D eigenvalue weighted by Gasteiger charge is 2.36. The minimum absolute atomic E-state index is 0.0386. The first-order valence-electron chi connectivity index (χ1n) is 6.59. The van der Waals surface area contributed by atoms with Gasteiger partial charge in [-0.25, -0.2) is 8.42 Å². The summed E-state index contributed by atoms with van der Waals surface area (Å²) in [4.78, 5) is 11.8. The number of nitrogens with two attached hydrogens (primary N) is 1. The van der Waals surface area contributed by atoms with E-state index in [-0.39, 0.29) is 29.8 Å². The molecule has 0 aliphatic heterocycles. The molecular weight excluding hydrogens is 356 g/mol. The van der Waals surface area contributed by atoms with Crippen molar-refractivity contribution in [3.63, 3.8) is 0 Å². The number of carbonyl (C=O) groups is 1. The second-order valence-corrected chi connectivity index (χ2v) is 9.17. The van der Waals surface area contributed by atoms with Crippen molar-refractivity contribution in [2.45, 2.75) is 42.9 Å². The summed E-state index contributed by atoms with van der Waals surface area (Å²) in [6.07, 6.45) is 0.175. The van der Waals surface area contributed by atoms with Gasteiger partial charge in [-0.05, 0) is 45.0 Å². The molecule has 0 spiro atoms. The third kappa shape index (κ3) is 4.79. The van der Waals surface area contributed by atoms with Gasteiger partial charge in [0.2, 0.25) is 5.91 Å². The first-order valence-corrected chi connectivity index (χ1v) is 8.86. The number of amides is 1. The number of carbonyl (C=O) groups excluding carboxylic acids is 1. The van der Waals surface area contributed by atoms with Gasteiger partial charge in [-0.3, -0.25) is 4.79 Å². The van der Waals surface area contributed by atoms with Crippen LogP contribution in [-0.2, 0) is 14.6 Å². The van der Waals surface area contributed by atoms with Crippen LogP contribution in [0, 0.1) is 0 Å². The Balaban J connectivity index is 2.85. The summed E-state index contributed by atoms with van der Waals surface area (Å²) in [6.45, 7) is 4.95. The smallest absolute Gasteiger partial charge is 0.221 e. The Bertz CT molecular complexity index is 595. The van der Waals surface area contributed by atoms with Gasteiger partial charge in [-0.2, -0.15) is 0 Å². The van der Waals surface area contributed by atoms with E-state index in [1.54, 1.807) is 45.0 Å². The standard InChI is InChI=1S/C14H21BrN2O3S/c1-10(16)8-13(18)17-9-14(2,3)21(19,20)12-6-4-11(15)5-7-12/h4-7,10H,8-9,16H2,1-3H3,(H,17,18). The van der Waals surface area contributed by atoms with Crippen LogP contribution in [-0.4, -0.2) is 31.7 Å². The largest absolute Gasteiger partial charge is 0.354 e. The summed E-state index contributed by atoms with van der Waals surface area (Å²) in [5, 5.41) is 2.63. The van der Waals surface area contributed by atoms with Gasteiger partial charge in [0.15, 0.2) is 9.84 Å². The molecule has 7 heteroatoms. The van der Waals surface area contributed by atoms with Crippen LogP contribution >= 0.6 is 15.9 Å². The lowest BCUT2D eigenvalue weighted by atomic mass is 10.2. The monoisotopic (exact) mass is 376 g/mol. The molecule has 1 amide bonds. The van der Waals surface area contributed by atoms with Crippen LogP contribution in [0.2, 0.25) is 0 Å². The Labute approximate surface area is 134 Å². The van der Waals surface area contributed by atoms with Gasteiger partial charge in [-0.15, -0.1) is 0 Å². The molecule has 1 aromatic carbocycles. The second-order valence-electron chi connectivity index (χ2n) is 5.68. The molecular formula is C14H21BrN2O3S. The molecule has 0 aliphatic rings. The lowest BCUT2D eigenvalue weighted by Gasteiger charge is -2.25. The van der Waals surface area contributed by atoms with Gasteiger partial charge < -0.3 is 11.1 Å². The van der Waals surface area contributed by atoms with Crippen molar-refractivity contribution >= 4 is 31.7 Å². The second kappa shape index (κ2) is 6.89. The SMILES string of the molecule is CC(N)CC(=O)NCC(C)(C)S(=O)(=O)c1ccc(Br)cc1. The van der Waals surface area contributed by atoms with E-state index in [1.807, 2.05) is 0 Å². The zero-order chi connectivity index (χ0) is 16.3. The van der Waals surface area contributed by atoms with E-state index in [4.69, 9.17) is 5.73 Å². The molecule has 1 unspecified atom stereocenters. The molecule has 0 saturated heterocycles. The molecule has 0 saturated carbocycles. The maximum Gasteiger partial charge on any atom is 0.221 e. The predicted octanol–water partition coefficient (Wildman–Crippen LogP) is 1.85. The molecule has 5 nitrogen and oxygen atoms in total. The minimum Gasteiger partial charge on any atom is -0.354 e. The average molecular weight is 377 g/mol. The lowest BCUT2D eigenvalue weighted by Crippen LogP contribution is -2.45. The Morgan fingerprint density at radius 2 is 1.86 bits per heavy atom. The Morgan fingerprint density at radius 3 is 2.33 bits per heavy atom.